The number of aromatic nitrogens is 2. The van der Waals surface area contributed by atoms with Gasteiger partial charge >= 0.3 is 6.01 Å². The van der Waals surface area contributed by atoms with Gasteiger partial charge in [0.1, 0.15) is 11.5 Å². The standard InChI is InChI=1S/C15H18N4O/c1-11-10-13(14(16)17)19-15(18-11)20-9-5-8-12-6-3-2-4-7-12/h2-4,6-7,10H,5,8-9H2,1H3,(H3,16,17). The average molecular weight is 270 g/mol. The zero-order valence-electron chi connectivity index (χ0n) is 11.5. The Hall–Kier alpha value is -2.43. The topological polar surface area (TPSA) is 84.9 Å². The molecule has 0 unspecified atom stereocenters. The van der Waals surface area contributed by atoms with E-state index < -0.39 is 0 Å². The van der Waals surface area contributed by atoms with Crippen LogP contribution in [0.15, 0.2) is 36.4 Å². The maximum Gasteiger partial charge on any atom is 0.317 e. The van der Waals surface area contributed by atoms with Gasteiger partial charge in [0.05, 0.1) is 6.61 Å². The fourth-order valence-corrected chi connectivity index (χ4v) is 1.83. The Balaban J connectivity index is 1.86. The molecular weight excluding hydrogens is 252 g/mol. The highest BCUT2D eigenvalue weighted by Crippen LogP contribution is 2.08. The van der Waals surface area contributed by atoms with Gasteiger partial charge < -0.3 is 10.5 Å². The Morgan fingerprint density at radius 1 is 1.25 bits per heavy atom. The van der Waals surface area contributed by atoms with E-state index in [1.165, 1.54) is 5.56 Å². The number of rotatable bonds is 6. The molecule has 5 nitrogen and oxygen atoms in total. The second kappa shape index (κ2) is 6.65. The van der Waals surface area contributed by atoms with E-state index in [-0.39, 0.29) is 11.8 Å². The Bertz CT molecular complexity index is 584. The Kier molecular flexibility index (Phi) is 4.65. The molecule has 1 aromatic carbocycles. The lowest BCUT2D eigenvalue weighted by atomic mass is 10.1. The number of aryl methyl sites for hydroxylation is 2. The van der Waals surface area contributed by atoms with Crippen LogP contribution in [0.4, 0.5) is 0 Å². The number of nitrogen functional groups attached to an aromatic ring is 1. The second-order valence-corrected chi connectivity index (χ2v) is 4.53. The van der Waals surface area contributed by atoms with E-state index in [0.29, 0.717) is 12.3 Å². The molecule has 20 heavy (non-hydrogen) atoms. The highest BCUT2D eigenvalue weighted by Gasteiger charge is 2.05. The summed E-state index contributed by atoms with van der Waals surface area (Å²) in [6.45, 7) is 2.36. The number of nitrogens with one attached hydrogen (secondary N) is 1. The number of hydrogen-bond donors (Lipinski definition) is 2. The van der Waals surface area contributed by atoms with Crippen LogP contribution in [-0.4, -0.2) is 22.4 Å². The molecule has 0 spiro atoms. The van der Waals surface area contributed by atoms with Crippen molar-refractivity contribution in [1.82, 2.24) is 9.97 Å². The molecule has 0 amide bonds. The first-order valence-electron chi connectivity index (χ1n) is 6.52. The van der Waals surface area contributed by atoms with Gasteiger partial charge in [-0.05, 0) is 31.4 Å². The van der Waals surface area contributed by atoms with Crippen LogP contribution < -0.4 is 10.5 Å². The highest BCUT2D eigenvalue weighted by molar-refractivity contribution is 5.93. The van der Waals surface area contributed by atoms with Gasteiger partial charge in [-0.3, -0.25) is 5.41 Å². The lowest BCUT2D eigenvalue weighted by Gasteiger charge is -2.07. The first-order valence-corrected chi connectivity index (χ1v) is 6.52. The maximum absolute atomic E-state index is 7.39. The summed E-state index contributed by atoms with van der Waals surface area (Å²) in [5.74, 6) is -0.0790. The van der Waals surface area contributed by atoms with Gasteiger partial charge in [0.15, 0.2) is 0 Å². The number of nitrogens with zero attached hydrogens (tertiary/aromatic N) is 2. The van der Waals surface area contributed by atoms with E-state index in [4.69, 9.17) is 15.9 Å². The summed E-state index contributed by atoms with van der Waals surface area (Å²) in [6.07, 6.45) is 1.84. The smallest absolute Gasteiger partial charge is 0.317 e. The Labute approximate surface area is 118 Å². The second-order valence-electron chi connectivity index (χ2n) is 4.53. The number of benzene rings is 1. The van der Waals surface area contributed by atoms with Gasteiger partial charge in [-0.1, -0.05) is 30.3 Å². The quantitative estimate of drug-likeness (QED) is 0.478. The van der Waals surface area contributed by atoms with Gasteiger partial charge in [-0.15, -0.1) is 0 Å². The van der Waals surface area contributed by atoms with Crippen molar-refractivity contribution >= 4 is 5.84 Å². The van der Waals surface area contributed by atoms with Crippen molar-refractivity contribution in [3.63, 3.8) is 0 Å². The maximum atomic E-state index is 7.39. The predicted molar refractivity (Wildman–Crippen MR) is 78.0 cm³/mol. The van der Waals surface area contributed by atoms with E-state index in [2.05, 4.69) is 22.1 Å². The predicted octanol–water partition coefficient (Wildman–Crippen LogP) is 2.08. The van der Waals surface area contributed by atoms with E-state index in [9.17, 15) is 0 Å². The summed E-state index contributed by atoms with van der Waals surface area (Å²) in [4.78, 5) is 8.27. The molecule has 0 fully saturated rings. The van der Waals surface area contributed by atoms with Gasteiger partial charge in [0.2, 0.25) is 0 Å². The molecule has 0 saturated carbocycles. The minimum atomic E-state index is -0.0790. The molecule has 104 valence electrons. The van der Waals surface area contributed by atoms with Crippen LogP contribution in [-0.2, 0) is 6.42 Å². The molecule has 0 saturated heterocycles. The van der Waals surface area contributed by atoms with Crippen molar-refractivity contribution in [3.05, 3.63) is 53.3 Å². The third kappa shape index (κ3) is 4.05. The summed E-state index contributed by atoms with van der Waals surface area (Å²) in [5.41, 5.74) is 7.84. The fraction of sp³-hybridized carbons (Fsp3) is 0.267. The monoisotopic (exact) mass is 270 g/mol. The molecule has 0 bridgehead atoms. The Morgan fingerprint density at radius 2 is 2.00 bits per heavy atom. The van der Waals surface area contributed by atoms with Crippen LogP contribution in [0, 0.1) is 12.3 Å². The van der Waals surface area contributed by atoms with Crippen LogP contribution in [0.2, 0.25) is 0 Å². The largest absolute Gasteiger partial charge is 0.463 e. The van der Waals surface area contributed by atoms with E-state index in [1.807, 2.05) is 25.1 Å². The van der Waals surface area contributed by atoms with Crippen LogP contribution >= 0.6 is 0 Å². The molecule has 0 atom stereocenters. The highest BCUT2D eigenvalue weighted by atomic mass is 16.5. The minimum absolute atomic E-state index is 0.0790. The molecular formula is C15H18N4O. The first-order chi connectivity index (χ1) is 9.65. The molecule has 2 rings (SSSR count). The van der Waals surface area contributed by atoms with Crippen molar-refractivity contribution < 1.29 is 4.74 Å². The molecule has 0 aliphatic rings. The SMILES string of the molecule is Cc1cc(C(=N)N)nc(OCCCc2ccccc2)n1. The third-order valence-corrected chi connectivity index (χ3v) is 2.79. The van der Waals surface area contributed by atoms with Crippen LogP contribution in [0.1, 0.15) is 23.4 Å². The molecule has 0 radical (unpaired) electrons. The number of ether oxygens (including phenoxy) is 1. The van der Waals surface area contributed by atoms with Crippen molar-refractivity contribution in [1.29, 1.82) is 5.41 Å². The van der Waals surface area contributed by atoms with E-state index >= 15 is 0 Å². The van der Waals surface area contributed by atoms with E-state index in [1.54, 1.807) is 6.07 Å². The Morgan fingerprint density at radius 3 is 2.70 bits per heavy atom. The summed E-state index contributed by atoms with van der Waals surface area (Å²) < 4.78 is 5.52. The lowest BCUT2D eigenvalue weighted by Crippen LogP contribution is -2.15. The normalized spacial score (nSPS) is 10.2. The van der Waals surface area contributed by atoms with Gasteiger partial charge in [0.25, 0.3) is 0 Å². The number of amidine groups is 1. The minimum Gasteiger partial charge on any atom is -0.463 e. The molecule has 1 heterocycles. The van der Waals surface area contributed by atoms with Crippen LogP contribution in [0.25, 0.3) is 0 Å². The molecule has 5 heteroatoms. The van der Waals surface area contributed by atoms with Gasteiger partial charge in [0, 0.05) is 5.69 Å². The zero-order valence-corrected chi connectivity index (χ0v) is 11.5. The van der Waals surface area contributed by atoms with E-state index in [0.717, 1.165) is 18.5 Å². The molecule has 2 aromatic rings. The van der Waals surface area contributed by atoms with Gasteiger partial charge in [-0.25, -0.2) is 4.98 Å². The van der Waals surface area contributed by atoms with Crippen LogP contribution in [0.5, 0.6) is 6.01 Å². The summed E-state index contributed by atoms with van der Waals surface area (Å²) >= 11 is 0. The number of hydrogen-bond acceptors (Lipinski definition) is 4. The van der Waals surface area contributed by atoms with Crippen LogP contribution in [0.3, 0.4) is 0 Å². The average Bonchev–Trinajstić information content (AvgIpc) is 2.44. The van der Waals surface area contributed by atoms with Gasteiger partial charge in [-0.2, -0.15) is 4.98 Å². The molecule has 3 N–H and O–H groups in total. The van der Waals surface area contributed by atoms with Crippen molar-refractivity contribution in [2.75, 3.05) is 6.61 Å². The molecule has 0 aliphatic heterocycles. The summed E-state index contributed by atoms with van der Waals surface area (Å²) in [6, 6.07) is 12.2. The van der Waals surface area contributed by atoms with Crippen molar-refractivity contribution in [3.8, 4) is 6.01 Å². The summed E-state index contributed by atoms with van der Waals surface area (Å²) in [7, 11) is 0. The van der Waals surface area contributed by atoms with Crippen molar-refractivity contribution in [2.24, 2.45) is 5.73 Å². The zero-order chi connectivity index (χ0) is 14.4. The molecule has 0 aliphatic carbocycles. The fourth-order valence-electron chi connectivity index (χ4n) is 1.83. The first kappa shape index (κ1) is 14.0. The third-order valence-electron chi connectivity index (χ3n) is 2.79. The molecule has 1 aromatic heterocycles. The lowest BCUT2D eigenvalue weighted by molar-refractivity contribution is 0.286. The van der Waals surface area contributed by atoms with Crippen molar-refractivity contribution in [2.45, 2.75) is 19.8 Å². The summed E-state index contributed by atoms with van der Waals surface area (Å²) in [5, 5.41) is 7.39. The number of nitrogens with two attached hydrogens (primary N) is 1.